The minimum absolute atomic E-state index is 0.440. The van der Waals surface area contributed by atoms with Crippen molar-refractivity contribution in [1.29, 1.82) is 0 Å². The van der Waals surface area contributed by atoms with E-state index >= 15 is 0 Å². The fourth-order valence-electron chi connectivity index (χ4n) is 1.18. The second-order valence-electron chi connectivity index (χ2n) is 3.22. The normalized spacial score (nSPS) is 9.75. The van der Waals surface area contributed by atoms with E-state index in [1.54, 1.807) is 36.4 Å². The van der Waals surface area contributed by atoms with Crippen molar-refractivity contribution < 1.29 is 9.53 Å². The molecule has 4 nitrogen and oxygen atoms in total. The zero-order valence-corrected chi connectivity index (χ0v) is 8.46. The Labute approximate surface area is 92.7 Å². The van der Waals surface area contributed by atoms with Crippen LogP contribution in [0.5, 0.6) is 11.6 Å². The van der Waals surface area contributed by atoms with E-state index in [0.29, 0.717) is 22.9 Å². The maximum absolute atomic E-state index is 10.4. The number of nitrogens with zero attached hydrogens (tertiary/aromatic N) is 1. The molecule has 0 bridgehead atoms. The minimum Gasteiger partial charge on any atom is -0.439 e. The Balaban J connectivity index is 2.14. The maximum Gasteiger partial charge on any atom is 0.219 e. The van der Waals surface area contributed by atoms with Crippen LogP contribution in [0.15, 0.2) is 42.6 Å². The number of nitrogen functional groups attached to an aromatic ring is 1. The van der Waals surface area contributed by atoms with E-state index in [9.17, 15) is 4.79 Å². The lowest BCUT2D eigenvalue weighted by atomic mass is 10.3. The molecular formula is C12H10N2O2. The maximum atomic E-state index is 10.4. The summed E-state index contributed by atoms with van der Waals surface area (Å²) in [4.78, 5) is 14.4. The summed E-state index contributed by atoms with van der Waals surface area (Å²) in [6, 6.07) is 10.3. The molecule has 2 rings (SSSR count). The van der Waals surface area contributed by atoms with Crippen molar-refractivity contribution in [2.45, 2.75) is 0 Å². The number of aldehydes is 1. The standard InChI is InChI=1S/C12H10N2O2/c13-10-2-4-11(5-3-10)16-12-6-1-9(8-15)7-14-12/h1-8H,13H2. The summed E-state index contributed by atoms with van der Waals surface area (Å²) in [6.07, 6.45) is 2.19. The van der Waals surface area contributed by atoms with Crippen LogP contribution in [0.3, 0.4) is 0 Å². The molecule has 1 heterocycles. The van der Waals surface area contributed by atoms with Crippen molar-refractivity contribution in [3.8, 4) is 11.6 Å². The third-order valence-electron chi connectivity index (χ3n) is 2.00. The number of ether oxygens (including phenoxy) is 1. The van der Waals surface area contributed by atoms with Gasteiger partial charge in [0, 0.05) is 23.5 Å². The quantitative estimate of drug-likeness (QED) is 0.628. The van der Waals surface area contributed by atoms with E-state index in [2.05, 4.69) is 4.98 Å². The van der Waals surface area contributed by atoms with Gasteiger partial charge in [0.1, 0.15) is 5.75 Å². The molecule has 0 fully saturated rings. The van der Waals surface area contributed by atoms with Crippen molar-refractivity contribution >= 4 is 12.0 Å². The molecule has 0 aliphatic carbocycles. The number of anilines is 1. The predicted octanol–water partition coefficient (Wildman–Crippen LogP) is 2.27. The number of hydrogen-bond acceptors (Lipinski definition) is 4. The summed E-state index contributed by atoms with van der Waals surface area (Å²) in [5.41, 5.74) is 6.74. The van der Waals surface area contributed by atoms with Crippen LogP contribution in [0.1, 0.15) is 10.4 Å². The Morgan fingerprint density at radius 1 is 1.12 bits per heavy atom. The van der Waals surface area contributed by atoms with Crippen LogP contribution < -0.4 is 10.5 Å². The highest BCUT2D eigenvalue weighted by atomic mass is 16.5. The monoisotopic (exact) mass is 214 g/mol. The van der Waals surface area contributed by atoms with Crippen LogP contribution in [0.25, 0.3) is 0 Å². The van der Waals surface area contributed by atoms with E-state index in [1.165, 1.54) is 6.20 Å². The van der Waals surface area contributed by atoms with Crippen LogP contribution in [0, 0.1) is 0 Å². The van der Waals surface area contributed by atoms with E-state index in [4.69, 9.17) is 10.5 Å². The number of aromatic nitrogens is 1. The largest absolute Gasteiger partial charge is 0.439 e. The summed E-state index contributed by atoms with van der Waals surface area (Å²) in [5, 5.41) is 0. The molecule has 0 spiro atoms. The molecule has 2 aromatic rings. The van der Waals surface area contributed by atoms with Gasteiger partial charge in [0.05, 0.1) is 0 Å². The van der Waals surface area contributed by atoms with Crippen molar-refractivity contribution in [1.82, 2.24) is 4.98 Å². The molecular weight excluding hydrogens is 204 g/mol. The summed E-state index contributed by atoms with van der Waals surface area (Å²) in [5.74, 6) is 1.09. The van der Waals surface area contributed by atoms with Crippen molar-refractivity contribution in [3.05, 3.63) is 48.2 Å². The molecule has 0 atom stereocenters. The van der Waals surface area contributed by atoms with Crippen molar-refractivity contribution in [3.63, 3.8) is 0 Å². The van der Waals surface area contributed by atoms with Crippen LogP contribution in [0.4, 0.5) is 5.69 Å². The molecule has 1 aromatic carbocycles. The Morgan fingerprint density at radius 3 is 2.44 bits per heavy atom. The third-order valence-corrected chi connectivity index (χ3v) is 2.00. The van der Waals surface area contributed by atoms with Gasteiger partial charge in [-0.25, -0.2) is 4.98 Å². The lowest BCUT2D eigenvalue weighted by Crippen LogP contribution is -1.90. The van der Waals surface area contributed by atoms with Crippen molar-refractivity contribution in [2.24, 2.45) is 0 Å². The topological polar surface area (TPSA) is 65.2 Å². The highest BCUT2D eigenvalue weighted by molar-refractivity contribution is 5.74. The van der Waals surface area contributed by atoms with Gasteiger partial charge in [0.2, 0.25) is 5.88 Å². The number of pyridine rings is 1. The average molecular weight is 214 g/mol. The van der Waals surface area contributed by atoms with E-state index < -0.39 is 0 Å². The van der Waals surface area contributed by atoms with E-state index in [-0.39, 0.29) is 0 Å². The molecule has 0 radical (unpaired) electrons. The van der Waals surface area contributed by atoms with Gasteiger partial charge in [-0.15, -0.1) is 0 Å². The first-order chi connectivity index (χ1) is 7.78. The number of carbonyl (C=O) groups is 1. The lowest BCUT2D eigenvalue weighted by molar-refractivity contribution is 0.112. The number of benzene rings is 1. The fourth-order valence-corrected chi connectivity index (χ4v) is 1.18. The second-order valence-corrected chi connectivity index (χ2v) is 3.22. The summed E-state index contributed by atoms with van der Waals surface area (Å²) in [6.45, 7) is 0. The van der Waals surface area contributed by atoms with Gasteiger partial charge in [-0.05, 0) is 30.3 Å². The number of nitrogens with two attached hydrogens (primary N) is 1. The van der Waals surface area contributed by atoms with Gasteiger partial charge in [0.25, 0.3) is 0 Å². The van der Waals surface area contributed by atoms with Crippen LogP contribution in [-0.2, 0) is 0 Å². The predicted molar refractivity (Wildman–Crippen MR) is 60.6 cm³/mol. The summed E-state index contributed by atoms with van der Waals surface area (Å²) >= 11 is 0. The third kappa shape index (κ3) is 2.36. The van der Waals surface area contributed by atoms with Crippen LogP contribution >= 0.6 is 0 Å². The van der Waals surface area contributed by atoms with E-state index in [0.717, 1.165) is 6.29 Å². The van der Waals surface area contributed by atoms with Gasteiger partial charge in [-0.1, -0.05) is 0 Å². The first kappa shape index (κ1) is 10.2. The number of hydrogen-bond donors (Lipinski definition) is 1. The smallest absolute Gasteiger partial charge is 0.219 e. The zero-order valence-electron chi connectivity index (χ0n) is 8.46. The molecule has 2 N–H and O–H groups in total. The molecule has 1 aromatic heterocycles. The van der Waals surface area contributed by atoms with Gasteiger partial charge in [0.15, 0.2) is 6.29 Å². The fraction of sp³-hybridized carbons (Fsp3) is 0. The molecule has 80 valence electrons. The molecule has 0 unspecified atom stereocenters. The Morgan fingerprint density at radius 2 is 1.88 bits per heavy atom. The van der Waals surface area contributed by atoms with Gasteiger partial charge in [-0.2, -0.15) is 0 Å². The molecule has 4 heteroatoms. The van der Waals surface area contributed by atoms with Gasteiger partial charge >= 0.3 is 0 Å². The number of carbonyl (C=O) groups excluding carboxylic acids is 1. The molecule has 0 saturated heterocycles. The lowest BCUT2D eigenvalue weighted by Gasteiger charge is -2.04. The van der Waals surface area contributed by atoms with Crippen LogP contribution in [0.2, 0.25) is 0 Å². The Hall–Kier alpha value is -2.36. The van der Waals surface area contributed by atoms with Crippen molar-refractivity contribution in [2.75, 3.05) is 5.73 Å². The molecule has 16 heavy (non-hydrogen) atoms. The second kappa shape index (κ2) is 4.44. The van der Waals surface area contributed by atoms with Gasteiger partial charge in [-0.3, -0.25) is 4.79 Å². The Bertz CT molecular complexity index is 477. The van der Waals surface area contributed by atoms with E-state index in [1.807, 2.05) is 0 Å². The zero-order chi connectivity index (χ0) is 11.4. The molecule has 0 saturated carbocycles. The highest BCUT2D eigenvalue weighted by Crippen LogP contribution is 2.20. The first-order valence-corrected chi connectivity index (χ1v) is 4.72. The molecule has 0 aliphatic heterocycles. The Kier molecular flexibility index (Phi) is 2.82. The summed E-state index contributed by atoms with van der Waals surface area (Å²) in [7, 11) is 0. The molecule has 0 aliphatic rings. The summed E-state index contributed by atoms with van der Waals surface area (Å²) < 4.78 is 5.45. The average Bonchev–Trinajstić information content (AvgIpc) is 2.33. The minimum atomic E-state index is 0.440. The molecule has 0 amide bonds. The van der Waals surface area contributed by atoms with Gasteiger partial charge < -0.3 is 10.5 Å². The van der Waals surface area contributed by atoms with Crippen LogP contribution in [-0.4, -0.2) is 11.3 Å². The highest BCUT2D eigenvalue weighted by Gasteiger charge is 1.98. The first-order valence-electron chi connectivity index (χ1n) is 4.72. The SMILES string of the molecule is Nc1ccc(Oc2ccc(C=O)cn2)cc1. The number of rotatable bonds is 3.